The van der Waals surface area contributed by atoms with Crippen LogP contribution < -0.4 is 15.2 Å². The van der Waals surface area contributed by atoms with Crippen LogP contribution in [-0.2, 0) is 6.61 Å². The van der Waals surface area contributed by atoms with Gasteiger partial charge in [0, 0.05) is 12.0 Å². The van der Waals surface area contributed by atoms with Crippen LogP contribution in [0.1, 0.15) is 30.1 Å². The average molecular weight is 271 g/mol. The summed E-state index contributed by atoms with van der Waals surface area (Å²) in [7, 11) is 1.65. The molecule has 0 unspecified atom stereocenters. The molecule has 0 spiro atoms. The Morgan fingerprint density at radius 3 is 2.85 bits per heavy atom. The Balaban J connectivity index is 1.71. The van der Waals surface area contributed by atoms with Gasteiger partial charge in [0.1, 0.15) is 24.0 Å². The van der Waals surface area contributed by atoms with Crippen molar-refractivity contribution in [2.45, 2.75) is 25.4 Å². The highest BCUT2D eigenvalue weighted by atomic mass is 16.5. The smallest absolute Gasteiger partial charge is 0.219 e. The van der Waals surface area contributed by atoms with Crippen molar-refractivity contribution < 1.29 is 9.47 Å². The second kappa shape index (κ2) is 5.36. The summed E-state index contributed by atoms with van der Waals surface area (Å²) in [6.45, 7) is 0.428. The van der Waals surface area contributed by atoms with Crippen LogP contribution in [-0.4, -0.2) is 17.1 Å². The van der Waals surface area contributed by atoms with Gasteiger partial charge in [-0.3, -0.25) is 0 Å². The number of nitrogen functional groups attached to an aromatic ring is 1. The van der Waals surface area contributed by atoms with Crippen molar-refractivity contribution in [3.63, 3.8) is 0 Å². The first-order chi connectivity index (χ1) is 9.74. The summed E-state index contributed by atoms with van der Waals surface area (Å²) in [6, 6.07) is 9.41. The molecule has 1 aliphatic carbocycles. The van der Waals surface area contributed by atoms with Gasteiger partial charge in [-0.2, -0.15) is 4.98 Å². The van der Waals surface area contributed by atoms with E-state index in [1.807, 2.05) is 24.3 Å². The van der Waals surface area contributed by atoms with Crippen LogP contribution in [0.15, 0.2) is 30.3 Å². The highest BCUT2D eigenvalue weighted by Crippen LogP contribution is 2.38. The van der Waals surface area contributed by atoms with Gasteiger partial charge in [-0.1, -0.05) is 12.1 Å². The summed E-state index contributed by atoms with van der Waals surface area (Å²) in [5.41, 5.74) is 6.81. The third-order valence-electron chi connectivity index (χ3n) is 3.20. The van der Waals surface area contributed by atoms with E-state index in [-0.39, 0.29) is 0 Å². The van der Waals surface area contributed by atoms with Crippen molar-refractivity contribution in [3.05, 3.63) is 41.7 Å². The molecule has 3 rings (SSSR count). The molecule has 5 nitrogen and oxygen atoms in total. The predicted molar refractivity (Wildman–Crippen MR) is 75.7 cm³/mol. The monoisotopic (exact) mass is 271 g/mol. The number of hydrogen-bond donors (Lipinski definition) is 1. The van der Waals surface area contributed by atoms with E-state index in [9.17, 15) is 0 Å². The molecule has 0 amide bonds. The van der Waals surface area contributed by atoms with E-state index >= 15 is 0 Å². The zero-order valence-corrected chi connectivity index (χ0v) is 11.4. The van der Waals surface area contributed by atoms with Crippen molar-refractivity contribution in [2.24, 2.45) is 0 Å². The summed E-state index contributed by atoms with van der Waals surface area (Å²) < 4.78 is 10.9. The standard InChI is InChI=1S/C15H17N3O2/c1-19-12-4-2-3-10(7-12)9-20-14-8-13(16)17-15(18-14)11-5-6-11/h2-4,7-8,11H,5-6,9H2,1H3,(H2,16,17,18). The second-order valence-corrected chi connectivity index (χ2v) is 4.90. The molecule has 104 valence electrons. The molecule has 0 radical (unpaired) electrons. The van der Waals surface area contributed by atoms with Crippen LogP contribution in [0.3, 0.4) is 0 Å². The van der Waals surface area contributed by atoms with Crippen molar-refractivity contribution in [2.75, 3.05) is 12.8 Å². The van der Waals surface area contributed by atoms with E-state index in [0.717, 1.165) is 30.0 Å². The zero-order valence-electron chi connectivity index (χ0n) is 11.4. The lowest BCUT2D eigenvalue weighted by atomic mass is 10.2. The highest BCUT2D eigenvalue weighted by Gasteiger charge is 2.27. The fourth-order valence-electron chi connectivity index (χ4n) is 1.98. The van der Waals surface area contributed by atoms with Gasteiger partial charge in [0.25, 0.3) is 0 Å². The maximum absolute atomic E-state index is 5.79. The SMILES string of the molecule is COc1cccc(COc2cc(N)nc(C3CC3)n2)c1. The largest absolute Gasteiger partial charge is 0.497 e. The molecular formula is C15H17N3O2. The van der Waals surface area contributed by atoms with Crippen molar-refractivity contribution >= 4 is 5.82 Å². The molecule has 1 heterocycles. The average Bonchev–Trinajstić information content (AvgIpc) is 3.29. The quantitative estimate of drug-likeness (QED) is 0.904. The number of methoxy groups -OCH3 is 1. The molecule has 20 heavy (non-hydrogen) atoms. The topological polar surface area (TPSA) is 70.3 Å². The molecule has 2 aromatic rings. The first kappa shape index (κ1) is 12.7. The summed E-state index contributed by atoms with van der Waals surface area (Å²) in [6.07, 6.45) is 2.28. The Bertz CT molecular complexity index is 612. The van der Waals surface area contributed by atoms with Crippen LogP contribution in [0.5, 0.6) is 11.6 Å². The molecule has 1 aromatic carbocycles. The number of ether oxygens (including phenoxy) is 2. The minimum atomic E-state index is 0.428. The number of nitrogens with two attached hydrogens (primary N) is 1. The maximum Gasteiger partial charge on any atom is 0.219 e. The van der Waals surface area contributed by atoms with Gasteiger partial charge >= 0.3 is 0 Å². The fraction of sp³-hybridized carbons (Fsp3) is 0.333. The van der Waals surface area contributed by atoms with Crippen LogP contribution >= 0.6 is 0 Å². The van der Waals surface area contributed by atoms with Crippen molar-refractivity contribution in [3.8, 4) is 11.6 Å². The Morgan fingerprint density at radius 2 is 2.10 bits per heavy atom. The van der Waals surface area contributed by atoms with E-state index in [1.165, 1.54) is 0 Å². The zero-order chi connectivity index (χ0) is 13.9. The van der Waals surface area contributed by atoms with Gasteiger partial charge < -0.3 is 15.2 Å². The minimum Gasteiger partial charge on any atom is -0.497 e. The molecule has 5 heteroatoms. The molecule has 1 fully saturated rings. The van der Waals surface area contributed by atoms with Gasteiger partial charge in [-0.25, -0.2) is 4.98 Å². The maximum atomic E-state index is 5.79. The van der Waals surface area contributed by atoms with Gasteiger partial charge in [-0.05, 0) is 30.5 Å². The Hall–Kier alpha value is -2.30. The van der Waals surface area contributed by atoms with Gasteiger partial charge in [0.15, 0.2) is 0 Å². The third-order valence-corrected chi connectivity index (χ3v) is 3.20. The first-order valence-electron chi connectivity index (χ1n) is 6.65. The predicted octanol–water partition coefficient (Wildman–Crippen LogP) is 2.52. The molecular weight excluding hydrogens is 254 g/mol. The number of rotatable bonds is 5. The van der Waals surface area contributed by atoms with Crippen LogP contribution in [0.25, 0.3) is 0 Å². The summed E-state index contributed by atoms with van der Waals surface area (Å²) in [5, 5.41) is 0. The number of benzene rings is 1. The Morgan fingerprint density at radius 1 is 1.25 bits per heavy atom. The second-order valence-electron chi connectivity index (χ2n) is 4.90. The summed E-state index contributed by atoms with van der Waals surface area (Å²) >= 11 is 0. The van der Waals surface area contributed by atoms with Gasteiger partial charge in [-0.15, -0.1) is 0 Å². The molecule has 0 atom stereocenters. The lowest BCUT2D eigenvalue weighted by Crippen LogP contribution is -2.03. The number of hydrogen-bond acceptors (Lipinski definition) is 5. The van der Waals surface area contributed by atoms with Gasteiger partial charge in [0.05, 0.1) is 7.11 Å². The lowest BCUT2D eigenvalue weighted by molar-refractivity contribution is 0.291. The van der Waals surface area contributed by atoms with E-state index in [2.05, 4.69) is 9.97 Å². The molecule has 1 aliphatic rings. The number of aromatic nitrogens is 2. The molecule has 2 N–H and O–H groups in total. The van der Waals surface area contributed by atoms with E-state index in [1.54, 1.807) is 13.2 Å². The van der Waals surface area contributed by atoms with Crippen LogP contribution in [0.2, 0.25) is 0 Å². The normalized spacial score (nSPS) is 14.1. The molecule has 0 saturated heterocycles. The molecule has 1 saturated carbocycles. The van der Waals surface area contributed by atoms with E-state index in [0.29, 0.717) is 24.2 Å². The Kier molecular flexibility index (Phi) is 3.41. The lowest BCUT2D eigenvalue weighted by Gasteiger charge is -2.08. The third kappa shape index (κ3) is 2.99. The first-order valence-corrected chi connectivity index (χ1v) is 6.65. The Labute approximate surface area is 117 Å². The van der Waals surface area contributed by atoms with E-state index in [4.69, 9.17) is 15.2 Å². The highest BCUT2D eigenvalue weighted by molar-refractivity contribution is 5.34. The number of nitrogens with zero attached hydrogens (tertiary/aromatic N) is 2. The summed E-state index contributed by atoms with van der Waals surface area (Å²) in [4.78, 5) is 8.65. The fourth-order valence-corrected chi connectivity index (χ4v) is 1.98. The minimum absolute atomic E-state index is 0.428. The van der Waals surface area contributed by atoms with Crippen LogP contribution in [0, 0.1) is 0 Å². The van der Waals surface area contributed by atoms with Crippen molar-refractivity contribution in [1.82, 2.24) is 9.97 Å². The van der Waals surface area contributed by atoms with Crippen LogP contribution in [0.4, 0.5) is 5.82 Å². The molecule has 1 aromatic heterocycles. The molecule has 0 aliphatic heterocycles. The van der Waals surface area contributed by atoms with Gasteiger partial charge in [0.2, 0.25) is 5.88 Å². The van der Waals surface area contributed by atoms with E-state index < -0.39 is 0 Å². The summed E-state index contributed by atoms with van der Waals surface area (Å²) in [5.74, 6) is 3.06. The number of anilines is 1. The van der Waals surface area contributed by atoms with Crippen molar-refractivity contribution in [1.29, 1.82) is 0 Å². The molecule has 0 bridgehead atoms.